The molecule has 9 heteroatoms. The molecule has 1 fully saturated rings. The molecule has 0 radical (unpaired) electrons. The second-order valence-electron chi connectivity index (χ2n) is 6.46. The van der Waals surface area contributed by atoms with Crippen molar-refractivity contribution in [3.8, 4) is 0 Å². The highest BCUT2D eigenvalue weighted by atomic mass is 32.2. The van der Waals surface area contributed by atoms with Crippen LogP contribution in [0.2, 0.25) is 0 Å². The van der Waals surface area contributed by atoms with Crippen LogP contribution in [0.4, 0.5) is 18.0 Å². The highest BCUT2D eigenvalue weighted by Crippen LogP contribution is 2.34. The van der Waals surface area contributed by atoms with Gasteiger partial charge in [0.15, 0.2) is 0 Å². The van der Waals surface area contributed by atoms with Crippen molar-refractivity contribution in [2.45, 2.75) is 6.18 Å². The number of carbonyl (C=O) groups is 3. The summed E-state index contributed by atoms with van der Waals surface area (Å²) in [5.74, 6) is -1.48. The molecule has 1 heterocycles. The van der Waals surface area contributed by atoms with Gasteiger partial charge < -0.3 is 5.32 Å². The summed E-state index contributed by atoms with van der Waals surface area (Å²) in [4.78, 5) is 37.8. The van der Waals surface area contributed by atoms with E-state index in [-0.39, 0.29) is 23.6 Å². The van der Waals surface area contributed by atoms with E-state index >= 15 is 0 Å². The maximum atomic E-state index is 13.3. The molecule has 5 nitrogen and oxygen atoms in total. The molecule has 160 valence electrons. The van der Waals surface area contributed by atoms with Crippen LogP contribution >= 0.6 is 11.8 Å². The van der Waals surface area contributed by atoms with Crippen molar-refractivity contribution in [3.05, 3.63) is 82.8 Å². The number of allylic oxidation sites excluding steroid dienone is 1. The van der Waals surface area contributed by atoms with Crippen molar-refractivity contribution in [1.29, 1.82) is 0 Å². The van der Waals surface area contributed by atoms with Crippen molar-refractivity contribution in [2.24, 2.45) is 0 Å². The summed E-state index contributed by atoms with van der Waals surface area (Å²) in [6, 6.07) is 15.9. The van der Waals surface area contributed by atoms with Crippen molar-refractivity contribution < 1.29 is 27.6 Å². The predicted octanol–water partition coefficient (Wildman–Crippen LogP) is 4.49. The van der Waals surface area contributed by atoms with Gasteiger partial charge in [-0.05, 0) is 29.0 Å². The molecular formula is C22H17F3N2O3S. The van der Waals surface area contributed by atoms with Crippen LogP contribution in [0.1, 0.15) is 11.1 Å². The van der Waals surface area contributed by atoms with E-state index in [2.05, 4.69) is 5.32 Å². The lowest BCUT2D eigenvalue weighted by Gasteiger charge is -2.14. The molecule has 3 amide bonds. The van der Waals surface area contributed by atoms with Gasteiger partial charge in [0.05, 0.1) is 10.5 Å². The number of alkyl halides is 3. The van der Waals surface area contributed by atoms with Crippen LogP contribution in [-0.4, -0.2) is 41.2 Å². The molecule has 1 N–H and O–H groups in total. The summed E-state index contributed by atoms with van der Waals surface area (Å²) in [6.07, 6.45) is -2.66. The molecule has 1 aliphatic heterocycles. The van der Waals surface area contributed by atoms with Crippen LogP contribution in [0.5, 0.6) is 0 Å². The third-order valence-corrected chi connectivity index (χ3v) is 5.18. The summed E-state index contributed by atoms with van der Waals surface area (Å²) in [6.45, 7) is -0.324. The Balaban J connectivity index is 1.62. The van der Waals surface area contributed by atoms with E-state index < -0.39 is 28.8 Å². The summed E-state index contributed by atoms with van der Waals surface area (Å²) in [5, 5.41) is 1.79. The smallest absolute Gasteiger partial charge is 0.351 e. The number of benzene rings is 2. The monoisotopic (exact) mass is 446 g/mol. The normalized spacial score (nSPS) is 16.2. The molecule has 1 saturated heterocycles. The van der Waals surface area contributed by atoms with Crippen LogP contribution < -0.4 is 5.32 Å². The van der Waals surface area contributed by atoms with Crippen LogP contribution in [0.25, 0.3) is 11.6 Å². The fourth-order valence-electron chi connectivity index (χ4n) is 2.81. The van der Waals surface area contributed by atoms with Gasteiger partial charge in [0.2, 0.25) is 5.91 Å². The first-order chi connectivity index (χ1) is 14.8. The Kier molecular flexibility index (Phi) is 6.96. The second-order valence-corrected chi connectivity index (χ2v) is 7.45. The van der Waals surface area contributed by atoms with Gasteiger partial charge in [0, 0.05) is 19.2 Å². The van der Waals surface area contributed by atoms with Gasteiger partial charge in [-0.2, -0.15) is 13.2 Å². The Morgan fingerprint density at radius 3 is 2.23 bits per heavy atom. The quantitative estimate of drug-likeness (QED) is 0.665. The predicted molar refractivity (Wildman–Crippen MR) is 113 cm³/mol. The Morgan fingerprint density at radius 2 is 1.61 bits per heavy atom. The minimum absolute atomic E-state index is 0.137. The summed E-state index contributed by atoms with van der Waals surface area (Å²) >= 11 is 0.772. The number of hydrogen-bond donors (Lipinski definition) is 1. The molecule has 2 aromatic rings. The van der Waals surface area contributed by atoms with E-state index in [1.165, 1.54) is 24.3 Å². The van der Waals surface area contributed by atoms with Crippen molar-refractivity contribution in [3.63, 3.8) is 0 Å². The third-order valence-electron chi connectivity index (χ3n) is 4.27. The zero-order valence-corrected chi connectivity index (χ0v) is 16.9. The van der Waals surface area contributed by atoms with Gasteiger partial charge in [-0.15, -0.1) is 0 Å². The van der Waals surface area contributed by atoms with E-state index in [0.29, 0.717) is 6.08 Å². The minimum Gasteiger partial charge on any atom is -0.351 e. The molecule has 0 atom stereocenters. The van der Waals surface area contributed by atoms with Gasteiger partial charge in [-0.25, -0.2) is 0 Å². The van der Waals surface area contributed by atoms with Crippen LogP contribution in [0.15, 0.2) is 71.6 Å². The minimum atomic E-state index is -4.71. The molecular weight excluding hydrogens is 429 g/mol. The molecule has 31 heavy (non-hydrogen) atoms. The first kappa shape index (κ1) is 22.4. The number of carbonyl (C=O) groups excluding carboxylic acids is 3. The lowest BCUT2D eigenvalue weighted by molar-refractivity contribution is -0.123. The van der Waals surface area contributed by atoms with Crippen LogP contribution in [0.3, 0.4) is 0 Å². The molecule has 1 aliphatic rings. The summed E-state index contributed by atoms with van der Waals surface area (Å²) < 4.78 is 39.9. The highest BCUT2D eigenvalue weighted by Gasteiger charge is 2.36. The number of imide groups is 1. The van der Waals surface area contributed by atoms with E-state index in [1.807, 2.05) is 6.07 Å². The third kappa shape index (κ3) is 5.85. The van der Waals surface area contributed by atoms with Crippen molar-refractivity contribution >= 4 is 40.5 Å². The van der Waals surface area contributed by atoms with Crippen molar-refractivity contribution in [1.82, 2.24) is 10.2 Å². The van der Waals surface area contributed by atoms with Gasteiger partial charge >= 0.3 is 6.18 Å². The van der Waals surface area contributed by atoms with Gasteiger partial charge in [-0.1, -0.05) is 60.7 Å². The average Bonchev–Trinajstić information content (AvgIpc) is 3.00. The number of nitrogens with one attached hydrogen (secondary N) is 1. The molecule has 3 rings (SSSR count). The Morgan fingerprint density at radius 1 is 1.00 bits per heavy atom. The molecule has 0 saturated carbocycles. The first-order valence-electron chi connectivity index (χ1n) is 9.18. The van der Waals surface area contributed by atoms with E-state index in [4.69, 9.17) is 0 Å². The highest BCUT2D eigenvalue weighted by molar-refractivity contribution is 8.18. The SMILES string of the molecule is O=C(/C=C(/c1ccccc1)C(F)(F)F)NCCN1C(=O)S/C(=C/c2ccccc2)C1=O. The molecule has 0 unspecified atom stereocenters. The van der Waals surface area contributed by atoms with E-state index in [1.54, 1.807) is 36.4 Å². The Labute approximate surface area is 180 Å². The summed E-state index contributed by atoms with van der Waals surface area (Å²) in [7, 11) is 0. The zero-order chi connectivity index (χ0) is 22.4. The van der Waals surface area contributed by atoms with Crippen LogP contribution in [0, 0.1) is 0 Å². The number of amides is 3. The van der Waals surface area contributed by atoms with Gasteiger partial charge in [-0.3, -0.25) is 19.3 Å². The van der Waals surface area contributed by atoms with Gasteiger partial charge in [0.25, 0.3) is 11.1 Å². The lowest BCUT2D eigenvalue weighted by Crippen LogP contribution is -2.37. The van der Waals surface area contributed by atoms with Gasteiger partial charge in [0.1, 0.15) is 0 Å². The number of hydrogen-bond acceptors (Lipinski definition) is 4. The zero-order valence-electron chi connectivity index (χ0n) is 16.1. The maximum absolute atomic E-state index is 13.3. The largest absolute Gasteiger partial charge is 0.417 e. The number of nitrogens with zero attached hydrogens (tertiary/aromatic N) is 1. The number of thioether (sulfide) groups is 1. The number of halogens is 3. The first-order valence-corrected chi connectivity index (χ1v) is 10.00. The fraction of sp³-hybridized carbons (Fsp3) is 0.136. The molecule has 0 aliphatic carbocycles. The molecule has 0 spiro atoms. The number of rotatable bonds is 6. The molecule has 0 bridgehead atoms. The second kappa shape index (κ2) is 9.65. The molecule has 2 aromatic carbocycles. The average molecular weight is 446 g/mol. The summed E-state index contributed by atoms with van der Waals surface area (Å²) in [5.41, 5.74) is -0.461. The van der Waals surface area contributed by atoms with Crippen LogP contribution in [-0.2, 0) is 9.59 Å². The van der Waals surface area contributed by atoms with E-state index in [9.17, 15) is 27.6 Å². The Hall–Kier alpha value is -3.33. The molecule has 0 aromatic heterocycles. The topological polar surface area (TPSA) is 66.5 Å². The van der Waals surface area contributed by atoms with Crippen molar-refractivity contribution in [2.75, 3.05) is 13.1 Å². The standard InChI is InChI=1S/C22H17F3N2O3S/c23-22(24,25)17(16-9-5-2-6-10-16)14-19(28)26-11-12-27-20(29)18(31-21(27)30)13-15-7-3-1-4-8-15/h1-10,13-14H,11-12H2,(H,26,28)/b17-14-,18-13+. The Bertz CT molecular complexity index is 1030. The fourth-order valence-corrected chi connectivity index (χ4v) is 3.68. The lowest BCUT2D eigenvalue weighted by atomic mass is 10.1. The van der Waals surface area contributed by atoms with E-state index in [0.717, 1.165) is 22.2 Å². The maximum Gasteiger partial charge on any atom is 0.417 e.